The molecule has 13 atom stereocenters. The Kier molecular flexibility index (Phi) is 23.9. The maximum absolute atomic E-state index is 15.0. The zero-order valence-corrected chi connectivity index (χ0v) is 44.2. The molecule has 396 valence electrons. The van der Waals surface area contributed by atoms with E-state index >= 15 is 0 Å². The first-order valence-corrected chi connectivity index (χ1v) is 28.3. The number of aliphatic hydroxyl groups is 3. The second-order valence-corrected chi connectivity index (χ2v) is 23.0. The number of ketones is 1. The van der Waals surface area contributed by atoms with E-state index in [1.807, 2.05) is 25.1 Å². The minimum absolute atomic E-state index is 0.0905. The molecule has 69 heavy (non-hydrogen) atoms. The maximum atomic E-state index is 15.0. The molecule has 4 saturated heterocycles. The number of ether oxygens (including phenoxy) is 3. The Hall–Kier alpha value is -1.78. The number of nitrogens with zero attached hydrogens (tertiary/aromatic N) is 4. The number of likely N-dealkylation sites (N-methyl/N-ethyl adjacent to an activating group) is 1. The summed E-state index contributed by atoms with van der Waals surface area (Å²) in [4.78, 5) is 38.6. The van der Waals surface area contributed by atoms with Gasteiger partial charge in [-0.1, -0.05) is 50.7 Å². The van der Waals surface area contributed by atoms with Crippen LogP contribution in [0.25, 0.3) is 0 Å². The highest BCUT2D eigenvalue weighted by Crippen LogP contribution is 2.36. The second kappa shape index (κ2) is 29.2. The number of piperidine rings is 3. The molecule has 0 amide bonds. The molecule has 1 aliphatic carbocycles. The van der Waals surface area contributed by atoms with E-state index in [0.717, 1.165) is 83.4 Å². The fourth-order valence-corrected chi connectivity index (χ4v) is 13.0. The molecule has 4 N–H and O–H groups in total. The van der Waals surface area contributed by atoms with Crippen LogP contribution in [0.3, 0.4) is 0 Å². The fraction of sp³-hybridized carbons (Fsp3) is 0.893. The number of carbonyl (C=O) groups is 2. The Balaban J connectivity index is 1.32. The molecule has 0 radical (unpaired) electrons. The van der Waals surface area contributed by atoms with Crippen molar-refractivity contribution in [3.05, 3.63) is 23.8 Å². The van der Waals surface area contributed by atoms with Gasteiger partial charge in [0.1, 0.15) is 6.10 Å². The first-order valence-electron chi connectivity index (χ1n) is 28.3. The molecule has 0 aromatic carbocycles. The molecule has 13 heteroatoms. The van der Waals surface area contributed by atoms with Crippen LogP contribution in [0.5, 0.6) is 0 Å². The second-order valence-electron chi connectivity index (χ2n) is 23.0. The molecular formula is C56H99N5O8. The van der Waals surface area contributed by atoms with Crippen molar-refractivity contribution in [2.45, 2.75) is 223 Å². The Morgan fingerprint density at radius 2 is 1.32 bits per heavy atom. The van der Waals surface area contributed by atoms with E-state index in [9.17, 15) is 24.9 Å². The number of nitrogens with one attached hydrogen (secondary N) is 1. The smallest absolute Gasteiger partial charge is 0.308 e. The van der Waals surface area contributed by atoms with Gasteiger partial charge in [0, 0.05) is 42.5 Å². The van der Waals surface area contributed by atoms with Gasteiger partial charge in [0.2, 0.25) is 0 Å². The number of cyclic esters (lactones) is 1. The first kappa shape index (κ1) is 56.5. The van der Waals surface area contributed by atoms with Gasteiger partial charge in [-0.25, -0.2) is 0 Å². The molecule has 5 aliphatic heterocycles. The van der Waals surface area contributed by atoms with Crippen LogP contribution in [0.2, 0.25) is 0 Å². The van der Waals surface area contributed by atoms with Crippen LogP contribution < -0.4 is 5.32 Å². The average Bonchev–Trinajstić information content (AvgIpc) is 3.35. The third kappa shape index (κ3) is 17.7. The standard InChI is InChI=1S/C56H99N5O8/c1-40(59-26-13-8-14-27-59)33-44-21-24-50(62)47(34-41(2)60-28-15-9-16-29-60)23-22-46(25-32-67-56-55(66)53(58(5)6)54(65)43(4)69-56)49(35-42(3)61-30-17-10-18-31-61)51(63)37-52(64)68-39-45(36-44)38-57-48-19-11-7-12-20-48/h21,24,36,40-43,45-49,51,53-57,63,65-66H,7-20,22-23,25-35,37-39H2,1-6H3/b24-21+,44-36-/t40?,41?,42?,43-,45-,46+,47-,49+,51-,53+,54-,55-,56-/m1/s1. The molecule has 0 aromatic rings. The van der Waals surface area contributed by atoms with E-state index < -0.39 is 36.7 Å². The Labute approximate surface area is 418 Å². The van der Waals surface area contributed by atoms with E-state index in [1.165, 1.54) is 64.2 Å². The van der Waals surface area contributed by atoms with Crippen molar-refractivity contribution in [1.29, 1.82) is 0 Å². The summed E-state index contributed by atoms with van der Waals surface area (Å²) < 4.78 is 18.7. The number of hydrogen-bond donors (Lipinski definition) is 4. The lowest BCUT2D eigenvalue weighted by molar-refractivity contribution is -0.281. The van der Waals surface area contributed by atoms with Crippen LogP contribution in [-0.2, 0) is 23.8 Å². The van der Waals surface area contributed by atoms with Crippen LogP contribution in [0.15, 0.2) is 23.8 Å². The lowest BCUT2D eigenvalue weighted by atomic mass is 9.75. The third-order valence-electron chi connectivity index (χ3n) is 17.4. The zero-order valence-electron chi connectivity index (χ0n) is 44.2. The number of likely N-dealkylation sites (tertiary alicyclic amines) is 3. The van der Waals surface area contributed by atoms with Gasteiger partial charge in [-0.2, -0.15) is 0 Å². The molecular weight excluding hydrogens is 871 g/mol. The van der Waals surface area contributed by atoms with E-state index in [-0.39, 0.29) is 67.1 Å². The van der Waals surface area contributed by atoms with Crippen LogP contribution in [-0.4, -0.2) is 181 Å². The highest BCUT2D eigenvalue weighted by molar-refractivity contribution is 5.92. The zero-order chi connectivity index (χ0) is 49.3. The average molecular weight is 970 g/mol. The van der Waals surface area contributed by atoms with Gasteiger partial charge in [-0.15, -0.1) is 0 Å². The largest absolute Gasteiger partial charge is 0.465 e. The molecule has 0 aromatic heterocycles. The van der Waals surface area contributed by atoms with Gasteiger partial charge in [0.15, 0.2) is 12.1 Å². The normalized spacial score (nSPS) is 35.8. The highest BCUT2D eigenvalue weighted by Gasteiger charge is 2.45. The number of carbonyl (C=O) groups excluding carboxylic acids is 2. The lowest BCUT2D eigenvalue weighted by Crippen LogP contribution is -2.62. The van der Waals surface area contributed by atoms with Crippen molar-refractivity contribution >= 4 is 11.8 Å². The summed E-state index contributed by atoms with van der Waals surface area (Å²) in [6, 6.07) is 0.649. The predicted octanol–water partition coefficient (Wildman–Crippen LogP) is 7.11. The molecule has 13 nitrogen and oxygen atoms in total. The van der Waals surface area contributed by atoms with Crippen LogP contribution in [0.4, 0.5) is 0 Å². The molecule has 0 bridgehead atoms. The fourth-order valence-electron chi connectivity index (χ4n) is 13.0. The van der Waals surface area contributed by atoms with Gasteiger partial charge in [0.05, 0.1) is 44.0 Å². The summed E-state index contributed by atoms with van der Waals surface area (Å²) in [5, 5.41) is 38.7. The van der Waals surface area contributed by atoms with Crippen molar-refractivity contribution < 1.29 is 39.1 Å². The van der Waals surface area contributed by atoms with E-state index in [0.29, 0.717) is 44.3 Å². The Bertz CT molecular complexity index is 1560. The first-order chi connectivity index (χ1) is 33.3. The number of esters is 1. The topological polar surface area (TPSA) is 148 Å². The quantitative estimate of drug-likeness (QED) is 0.110. The monoisotopic (exact) mass is 970 g/mol. The summed E-state index contributed by atoms with van der Waals surface area (Å²) in [6.45, 7) is 16.2. The summed E-state index contributed by atoms with van der Waals surface area (Å²) >= 11 is 0. The van der Waals surface area contributed by atoms with Crippen LogP contribution >= 0.6 is 0 Å². The molecule has 1 saturated carbocycles. The summed E-state index contributed by atoms with van der Waals surface area (Å²) in [7, 11) is 3.68. The van der Waals surface area contributed by atoms with Gasteiger partial charge >= 0.3 is 5.97 Å². The minimum atomic E-state index is -1.06. The van der Waals surface area contributed by atoms with Gasteiger partial charge < -0.3 is 54.4 Å². The van der Waals surface area contributed by atoms with Crippen molar-refractivity contribution in [1.82, 2.24) is 24.9 Å². The van der Waals surface area contributed by atoms with Crippen LogP contribution in [0.1, 0.15) is 163 Å². The molecule has 0 spiro atoms. The minimum Gasteiger partial charge on any atom is -0.465 e. The van der Waals surface area contributed by atoms with Gasteiger partial charge in [-0.3, -0.25) is 9.59 Å². The van der Waals surface area contributed by atoms with Crippen molar-refractivity contribution in [2.75, 3.05) is 73.1 Å². The predicted molar refractivity (Wildman–Crippen MR) is 275 cm³/mol. The van der Waals surface area contributed by atoms with Gasteiger partial charge in [-0.05, 0) is 194 Å². The van der Waals surface area contributed by atoms with E-state index in [4.69, 9.17) is 14.2 Å². The van der Waals surface area contributed by atoms with E-state index in [1.54, 1.807) is 6.92 Å². The van der Waals surface area contributed by atoms with Gasteiger partial charge in [0.25, 0.3) is 0 Å². The third-order valence-corrected chi connectivity index (χ3v) is 17.4. The molecule has 3 unspecified atom stereocenters. The Morgan fingerprint density at radius 3 is 1.93 bits per heavy atom. The lowest BCUT2D eigenvalue weighted by Gasteiger charge is -2.44. The SMILES string of the molecule is CC(CC1=C\[C@H](CNC2CCCCC2)COC(=O)C[C@@H](O)[C@@H](CC(C)N2CCCCC2)[C@H](CCO[C@@H]2O[C@H](C)[C@@H](O)[C@H](N(C)C)[C@H]2O)CC[C@H](CC(C)N2CCCCC2)C(=O)\C=C\1)N1CCCCC1. The van der Waals surface area contributed by atoms with Crippen LogP contribution in [0, 0.1) is 23.7 Å². The maximum Gasteiger partial charge on any atom is 0.308 e. The number of allylic oxidation sites excluding steroid dienone is 2. The van der Waals surface area contributed by atoms with Crippen molar-refractivity contribution in [3.63, 3.8) is 0 Å². The molecule has 5 heterocycles. The number of rotatable bonds is 17. The molecule has 6 aliphatic rings. The summed E-state index contributed by atoms with van der Waals surface area (Å²) in [5.41, 5.74) is 1.12. The number of aliphatic hydroxyl groups excluding tert-OH is 3. The summed E-state index contributed by atoms with van der Waals surface area (Å²) in [5.74, 6) is -0.879. The summed E-state index contributed by atoms with van der Waals surface area (Å²) in [6.07, 6.45) is 22.9. The Morgan fingerprint density at radius 1 is 0.739 bits per heavy atom. The van der Waals surface area contributed by atoms with Crippen molar-refractivity contribution in [2.24, 2.45) is 23.7 Å². The molecule has 6 rings (SSSR count). The van der Waals surface area contributed by atoms with Crippen molar-refractivity contribution in [3.8, 4) is 0 Å². The highest BCUT2D eigenvalue weighted by atomic mass is 16.7. The molecule has 5 fully saturated rings. The number of hydrogen-bond acceptors (Lipinski definition) is 13. The van der Waals surface area contributed by atoms with E-state index in [2.05, 4.69) is 52.9 Å².